The van der Waals surface area contributed by atoms with Crippen molar-refractivity contribution in [2.75, 3.05) is 17.6 Å². The van der Waals surface area contributed by atoms with Crippen molar-refractivity contribution < 1.29 is 18.1 Å². The number of hydrogen-bond acceptors (Lipinski definition) is 6. The topological polar surface area (TPSA) is 125 Å². The highest BCUT2D eigenvalue weighted by Crippen LogP contribution is 2.29. The molecule has 0 saturated heterocycles. The van der Waals surface area contributed by atoms with Gasteiger partial charge in [0.05, 0.1) is 22.6 Å². The molecule has 0 aliphatic rings. The van der Waals surface area contributed by atoms with Crippen molar-refractivity contribution in [1.29, 1.82) is 0 Å². The molecule has 8 nitrogen and oxygen atoms in total. The Balaban J connectivity index is 2.43. The Bertz CT molecular complexity index is 820. The third kappa shape index (κ3) is 3.09. The van der Waals surface area contributed by atoms with Crippen LogP contribution >= 0.6 is 0 Å². The maximum absolute atomic E-state index is 12.3. The van der Waals surface area contributed by atoms with Crippen LogP contribution < -0.4 is 15.2 Å². The molecule has 0 bridgehead atoms. The van der Waals surface area contributed by atoms with E-state index < -0.39 is 20.6 Å². The Labute approximate surface area is 126 Å². The number of nitrogens with one attached hydrogen (secondary N) is 1. The minimum Gasteiger partial charge on any atom is -0.495 e. The van der Waals surface area contributed by atoms with Gasteiger partial charge in [-0.25, -0.2) is 8.42 Å². The highest BCUT2D eigenvalue weighted by molar-refractivity contribution is 7.92. The number of rotatable bonds is 5. The molecule has 0 heterocycles. The molecule has 3 N–H and O–H groups in total. The van der Waals surface area contributed by atoms with Crippen molar-refractivity contribution in [1.82, 2.24) is 0 Å². The molecule has 0 aliphatic carbocycles. The summed E-state index contributed by atoms with van der Waals surface area (Å²) in [5.41, 5.74) is 5.10. The molecule has 0 unspecified atom stereocenters. The van der Waals surface area contributed by atoms with Crippen molar-refractivity contribution in [3.63, 3.8) is 0 Å². The number of ether oxygens (including phenoxy) is 1. The highest BCUT2D eigenvalue weighted by Gasteiger charge is 2.21. The monoisotopic (exact) mass is 323 g/mol. The van der Waals surface area contributed by atoms with E-state index in [0.717, 1.165) is 6.07 Å². The summed E-state index contributed by atoms with van der Waals surface area (Å²) in [5.74, 6) is 0.330. The lowest BCUT2D eigenvalue weighted by Crippen LogP contribution is -2.14. The average molecular weight is 323 g/mol. The van der Waals surface area contributed by atoms with Crippen molar-refractivity contribution >= 4 is 27.1 Å². The van der Waals surface area contributed by atoms with Gasteiger partial charge in [-0.05, 0) is 24.3 Å². The van der Waals surface area contributed by atoms with E-state index in [1.165, 1.54) is 25.3 Å². The quantitative estimate of drug-likeness (QED) is 0.492. The molecule has 2 aromatic carbocycles. The Kier molecular flexibility index (Phi) is 4.18. The molecular formula is C13H13N3O5S. The summed E-state index contributed by atoms with van der Waals surface area (Å²) in [6, 6.07) is 9.70. The van der Waals surface area contributed by atoms with E-state index in [4.69, 9.17) is 10.5 Å². The van der Waals surface area contributed by atoms with Crippen LogP contribution in [0.4, 0.5) is 17.1 Å². The fourth-order valence-corrected chi connectivity index (χ4v) is 2.87. The predicted molar refractivity (Wildman–Crippen MR) is 81.3 cm³/mol. The zero-order chi connectivity index (χ0) is 16.3. The second-order valence-electron chi connectivity index (χ2n) is 4.28. The lowest BCUT2D eigenvalue weighted by Gasteiger charge is -2.11. The third-order valence-corrected chi connectivity index (χ3v) is 4.22. The van der Waals surface area contributed by atoms with E-state index in [-0.39, 0.29) is 16.3 Å². The Morgan fingerprint density at radius 2 is 1.91 bits per heavy atom. The fraction of sp³-hybridized carbons (Fsp3) is 0.0769. The first-order chi connectivity index (χ1) is 10.3. The molecule has 0 spiro atoms. The van der Waals surface area contributed by atoms with Crippen molar-refractivity contribution in [2.24, 2.45) is 0 Å². The number of nitro benzene ring substituents is 1. The van der Waals surface area contributed by atoms with E-state index in [1.54, 1.807) is 18.2 Å². The Morgan fingerprint density at radius 1 is 1.23 bits per heavy atom. The Hall–Kier alpha value is -2.81. The number of nitrogens with two attached hydrogens (primary N) is 1. The first-order valence-corrected chi connectivity index (χ1v) is 7.53. The summed E-state index contributed by atoms with van der Waals surface area (Å²) < 4.78 is 32.0. The molecule has 0 fully saturated rings. The number of benzene rings is 2. The standard InChI is InChI=1S/C13H13N3O5S/c1-21-13-5-3-2-4-11(13)15-22(19,20)9-6-7-10(14)12(8-9)16(17)18/h2-8,15H,14H2,1H3. The second-order valence-corrected chi connectivity index (χ2v) is 5.97. The average Bonchev–Trinajstić information content (AvgIpc) is 2.47. The molecule has 9 heteroatoms. The van der Waals surface area contributed by atoms with Crippen molar-refractivity contribution in [3.8, 4) is 5.75 Å². The first-order valence-electron chi connectivity index (χ1n) is 6.05. The van der Waals surface area contributed by atoms with Gasteiger partial charge in [-0.3, -0.25) is 14.8 Å². The van der Waals surface area contributed by atoms with Gasteiger partial charge in [0.25, 0.3) is 15.7 Å². The molecule has 2 rings (SSSR count). The largest absolute Gasteiger partial charge is 0.495 e. The molecule has 116 valence electrons. The predicted octanol–water partition coefficient (Wildman–Crippen LogP) is 1.99. The Morgan fingerprint density at radius 3 is 2.55 bits per heavy atom. The zero-order valence-electron chi connectivity index (χ0n) is 11.5. The van der Waals surface area contributed by atoms with Crippen LogP contribution in [-0.2, 0) is 10.0 Å². The highest BCUT2D eigenvalue weighted by atomic mass is 32.2. The molecule has 0 aliphatic heterocycles. The number of para-hydroxylation sites is 2. The smallest absolute Gasteiger partial charge is 0.293 e. The lowest BCUT2D eigenvalue weighted by molar-refractivity contribution is -0.384. The van der Waals surface area contributed by atoms with Gasteiger partial charge in [0.2, 0.25) is 0 Å². The molecular weight excluding hydrogens is 310 g/mol. The number of nitro groups is 1. The second kappa shape index (κ2) is 5.90. The summed E-state index contributed by atoms with van der Waals surface area (Å²) >= 11 is 0. The number of methoxy groups -OCH3 is 1. The van der Waals surface area contributed by atoms with E-state index in [9.17, 15) is 18.5 Å². The summed E-state index contributed by atoms with van der Waals surface area (Å²) in [6.07, 6.45) is 0. The molecule has 0 saturated carbocycles. The molecule has 22 heavy (non-hydrogen) atoms. The molecule has 2 aromatic rings. The van der Waals surface area contributed by atoms with Crippen LogP contribution in [-0.4, -0.2) is 20.5 Å². The van der Waals surface area contributed by atoms with Crippen LogP contribution in [0, 0.1) is 10.1 Å². The van der Waals surface area contributed by atoms with Gasteiger partial charge < -0.3 is 10.5 Å². The lowest BCUT2D eigenvalue weighted by atomic mass is 10.3. The van der Waals surface area contributed by atoms with Crippen molar-refractivity contribution in [3.05, 3.63) is 52.6 Å². The maximum Gasteiger partial charge on any atom is 0.293 e. The van der Waals surface area contributed by atoms with E-state index in [1.807, 2.05) is 0 Å². The minimum atomic E-state index is -4.01. The van der Waals surface area contributed by atoms with Crippen LogP contribution in [0.15, 0.2) is 47.4 Å². The van der Waals surface area contributed by atoms with Gasteiger partial charge in [-0.1, -0.05) is 12.1 Å². The van der Waals surface area contributed by atoms with Gasteiger partial charge in [-0.15, -0.1) is 0 Å². The van der Waals surface area contributed by atoms with Crippen LogP contribution in [0.5, 0.6) is 5.75 Å². The number of sulfonamides is 1. The van der Waals surface area contributed by atoms with E-state index in [0.29, 0.717) is 5.75 Å². The summed E-state index contributed by atoms with van der Waals surface area (Å²) in [7, 11) is -2.60. The summed E-state index contributed by atoms with van der Waals surface area (Å²) in [5, 5.41) is 10.9. The SMILES string of the molecule is COc1ccccc1NS(=O)(=O)c1ccc(N)c([N+](=O)[O-])c1. The first kappa shape index (κ1) is 15.6. The summed E-state index contributed by atoms with van der Waals surface area (Å²) in [4.78, 5) is 9.85. The van der Waals surface area contributed by atoms with E-state index >= 15 is 0 Å². The van der Waals surface area contributed by atoms with Gasteiger partial charge in [0, 0.05) is 6.07 Å². The molecule has 0 radical (unpaired) electrons. The maximum atomic E-state index is 12.3. The molecule has 0 atom stereocenters. The minimum absolute atomic E-state index is 0.110. The number of nitrogens with zero attached hydrogens (tertiary/aromatic N) is 1. The van der Waals surface area contributed by atoms with E-state index in [2.05, 4.69) is 4.72 Å². The van der Waals surface area contributed by atoms with Gasteiger partial charge in [0.1, 0.15) is 11.4 Å². The van der Waals surface area contributed by atoms with Crippen LogP contribution in [0.2, 0.25) is 0 Å². The van der Waals surface area contributed by atoms with Crippen LogP contribution in [0.3, 0.4) is 0 Å². The summed E-state index contributed by atoms with van der Waals surface area (Å²) in [6.45, 7) is 0. The number of nitrogen functional groups attached to an aromatic ring is 1. The third-order valence-electron chi connectivity index (χ3n) is 2.86. The normalized spacial score (nSPS) is 11.0. The van der Waals surface area contributed by atoms with Gasteiger partial charge in [-0.2, -0.15) is 0 Å². The van der Waals surface area contributed by atoms with Crippen LogP contribution in [0.25, 0.3) is 0 Å². The fourth-order valence-electron chi connectivity index (χ4n) is 1.78. The van der Waals surface area contributed by atoms with Crippen molar-refractivity contribution in [2.45, 2.75) is 4.90 Å². The zero-order valence-corrected chi connectivity index (χ0v) is 12.3. The molecule has 0 aromatic heterocycles. The van der Waals surface area contributed by atoms with Gasteiger partial charge in [0.15, 0.2) is 0 Å². The number of anilines is 2. The van der Waals surface area contributed by atoms with Crippen LogP contribution in [0.1, 0.15) is 0 Å². The number of hydrogen-bond donors (Lipinski definition) is 2. The molecule has 0 amide bonds. The van der Waals surface area contributed by atoms with Gasteiger partial charge >= 0.3 is 0 Å².